The molecule has 0 aromatic carbocycles. The minimum Gasteiger partial charge on any atom is -0.462 e. The van der Waals surface area contributed by atoms with Crippen LogP contribution in [0.1, 0.15) is 28.9 Å². The van der Waals surface area contributed by atoms with Gasteiger partial charge >= 0.3 is 0 Å². The number of aromatic nitrogens is 1. The Balaban J connectivity index is 1.54. The minimum atomic E-state index is -0.0729. The third-order valence-electron chi connectivity index (χ3n) is 4.86. The van der Waals surface area contributed by atoms with Crippen molar-refractivity contribution in [3.8, 4) is 0 Å². The van der Waals surface area contributed by atoms with Crippen molar-refractivity contribution in [2.24, 2.45) is 5.92 Å². The van der Waals surface area contributed by atoms with Crippen LogP contribution in [0.25, 0.3) is 11.0 Å². The number of carbonyl (C=O) groups is 1. The van der Waals surface area contributed by atoms with Crippen LogP contribution in [0.3, 0.4) is 0 Å². The Bertz CT molecular complexity index is 686. The number of fused-ring (bicyclic) bond motifs is 4. The SMILES string of the molecule is Cc1coc2cnc(C(=O)N[C@@H]3CN4CCC3CC4)cc12. The molecule has 0 unspecified atom stereocenters. The van der Waals surface area contributed by atoms with E-state index in [9.17, 15) is 4.79 Å². The van der Waals surface area contributed by atoms with Crippen LogP contribution in [-0.2, 0) is 0 Å². The fourth-order valence-corrected chi connectivity index (χ4v) is 3.56. The maximum atomic E-state index is 12.4. The molecule has 0 aliphatic carbocycles. The number of furan rings is 1. The fourth-order valence-electron chi connectivity index (χ4n) is 3.56. The van der Waals surface area contributed by atoms with E-state index in [1.165, 1.54) is 25.9 Å². The zero-order chi connectivity index (χ0) is 14.4. The van der Waals surface area contributed by atoms with Crippen LogP contribution < -0.4 is 5.32 Å². The summed E-state index contributed by atoms with van der Waals surface area (Å²) >= 11 is 0. The van der Waals surface area contributed by atoms with Crippen molar-refractivity contribution in [1.29, 1.82) is 0 Å². The molecule has 1 atom stereocenters. The molecule has 2 aromatic heterocycles. The third-order valence-corrected chi connectivity index (χ3v) is 4.86. The molecule has 0 saturated carbocycles. The Hall–Kier alpha value is -1.88. The summed E-state index contributed by atoms with van der Waals surface area (Å²) in [5.41, 5.74) is 2.24. The van der Waals surface area contributed by atoms with Gasteiger partial charge in [0.2, 0.25) is 0 Å². The van der Waals surface area contributed by atoms with Gasteiger partial charge in [-0.2, -0.15) is 0 Å². The zero-order valence-electron chi connectivity index (χ0n) is 12.1. The van der Waals surface area contributed by atoms with Gasteiger partial charge in [-0.3, -0.25) is 4.79 Å². The summed E-state index contributed by atoms with van der Waals surface area (Å²) in [5, 5.41) is 4.13. The number of hydrogen-bond donors (Lipinski definition) is 1. The van der Waals surface area contributed by atoms with Gasteiger partial charge in [0.1, 0.15) is 5.69 Å². The number of nitrogens with zero attached hydrogens (tertiary/aromatic N) is 2. The Morgan fingerprint density at radius 1 is 1.43 bits per heavy atom. The lowest BCUT2D eigenvalue weighted by atomic mass is 9.84. The fraction of sp³-hybridized carbons (Fsp3) is 0.500. The number of aryl methyl sites for hydroxylation is 1. The van der Waals surface area contributed by atoms with E-state index < -0.39 is 0 Å². The predicted molar refractivity (Wildman–Crippen MR) is 79.2 cm³/mol. The van der Waals surface area contributed by atoms with Gasteiger partial charge in [-0.05, 0) is 50.4 Å². The molecule has 5 nitrogen and oxygen atoms in total. The van der Waals surface area contributed by atoms with E-state index >= 15 is 0 Å². The molecule has 2 aromatic rings. The lowest BCUT2D eigenvalue weighted by Gasteiger charge is -2.44. The summed E-state index contributed by atoms with van der Waals surface area (Å²) in [5.74, 6) is 0.551. The van der Waals surface area contributed by atoms with Gasteiger partial charge in [0.25, 0.3) is 5.91 Å². The second-order valence-corrected chi connectivity index (χ2v) is 6.20. The van der Waals surface area contributed by atoms with E-state index in [1.54, 1.807) is 12.5 Å². The molecule has 5 heteroatoms. The minimum absolute atomic E-state index is 0.0729. The van der Waals surface area contributed by atoms with E-state index in [4.69, 9.17) is 4.42 Å². The molecule has 0 radical (unpaired) electrons. The van der Waals surface area contributed by atoms with Gasteiger partial charge in [0.05, 0.1) is 12.5 Å². The first-order valence-corrected chi connectivity index (χ1v) is 7.58. The molecule has 3 aliphatic heterocycles. The Morgan fingerprint density at radius 2 is 2.24 bits per heavy atom. The highest BCUT2D eigenvalue weighted by Gasteiger charge is 2.35. The standard InChI is InChI=1S/C16H19N3O2/c1-10-9-21-15-7-17-13(6-12(10)15)16(20)18-14-8-19-4-2-11(14)3-5-19/h6-7,9,11,14H,2-5,8H2,1H3,(H,18,20)/t14-/m1/s1. The molecular formula is C16H19N3O2. The van der Waals surface area contributed by atoms with E-state index in [0.717, 1.165) is 23.1 Å². The summed E-state index contributed by atoms with van der Waals surface area (Å²) in [4.78, 5) is 19.1. The van der Waals surface area contributed by atoms with Crippen molar-refractivity contribution >= 4 is 16.9 Å². The van der Waals surface area contributed by atoms with Crippen LogP contribution in [0.15, 0.2) is 22.9 Å². The lowest BCUT2D eigenvalue weighted by molar-refractivity contribution is 0.0618. The van der Waals surface area contributed by atoms with Crippen molar-refractivity contribution in [1.82, 2.24) is 15.2 Å². The molecule has 5 rings (SSSR count). The Morgan fingerprint density at radius 3 is 2.95 bits per heavy atom. The number of nitrogens with one attached hydrogen (secondary N) is 1. The van der Waals surface area contributed by atoms with Gasteiger partial charge in [-0.25, -0.2) is 4.98 Å². The average Bonchev–Trinajstić information content (AvgIpc) is 2.89. The highest BCUT2D eigenvalue weighted by Crippen LogP contribution is 2.27. The van der Waals surface area contributed by atoms with Gasteiger partial charge in [-0.15, -0.1) is 0 Å². The predicted octanol–water partition coefficient (Wildman–Crippen LogP) is 1.96. The summed E-state index contributed by atoms with van der Waals surface area (Å²) in [6, 6.07) is 2.09. The Kier molecular flexibility index (Phi) is 2.96. The summed E-state index contributed by atoms with van der Waals surface area (Å²) in [6.07, 6.45) is 5.71. The zero-order valence-corrected chi connectivity index (χ0v) is 12.1. The number of pyridine rings is 1. The van der Waals surface area contributed by atoms with Crippen molar-refractivity contribution in [3.05, 3.63) is 29.8 Å². The third kappa shape index (κ3) is 2.21. The smallest absolute Gasteiger partial charge is 0.270 e. The summed E-state index contributed by atoms with van der Waals surface area (Å²) < 4.78 is 5.37. The number of carbonyl (C=O) groups excluding carboxylic acids is 1. The molecule has 2 bridgehead atoms. The van der Waals surface area contributed by atoms with Crippen LogP contribution in [0.5, 0.6) is 0 Å². The molecule has 5 heterocycles. The molecular weight excluding hydrogens is 266 g/mol. The van der Waals surface area contributed by atoms with Gasteiger partial charge in [0.15, 0.2) is 5.58 Å². The van der Waals surface area contributed by atoms with E-state index in [2.05, 4.69) is 15.2 Å². The highest BCUT2D eigenvalue weighted by atomic mass is 16.3. The van der Waals surface area contributed by atoms with Crippen molar-refractivity contribution in [2.75, 3.05) is 19.6 Å². The molecule has 3 fully saturated rings. The molecule has 21 heavy (non-hydrogen) atoms. The van der Waals surface area contributed by atoms with Gasteiger partial charge in [-0.1, -0.05) is 0 Å². The van der Waals surface area contributed by atoms with Crippen molar-refractivity contribution in [2.45, 2.75) is 25.8 Å². The first kappa shape index (κ1) is 12.8. The number of hydrogen-bond acceptors (Lipinski definition) is 4. The second kappa shape index (κ2) is 4.84. The van der Waals surface area contributed by atoms with Gasteiger partial charge in [0, 0.05) is 18.0 Å². The maximum absolute atomic E-state index is 12.4. The summed E-state index contributed by atoms with van der Waals surface area (Å²) in [6.45, 7) is 5.30. The van der Waals surface area contributed by atoms with Gasteiger partial charge < -0.3 is 14.6 Å². The summed E-state index contributed by atoms with van der Waals surface area (Å²) in [7, 11) is 0. The average molecular weight is 285 g/mol. The van der Waals surface area contributed by atoms with Crippen LogP contribution >= 0.6 is 0 Å². The quantitative estimate of drug-likeness (QED) is 0.916. The first-order valence-electron chi connectivity index (χ1n) is 7.58. The number of rotatable bonds is 2. The van der Waals surface area contributed by atoms with E-state index in [1.807, 2.05) is 13.0 Å². The van der Waals surface area contributed by atoms with Crippen LogP contribution in [0.4, 0.5) is 0 Å². The first-order chi connectivity index (χ1) is 10.2. The molecule has 3 aliphatic rings. The monoisotopic (exact) mass is 285 g/mol. The van der Waals surface area contributed by atoms with E-state index in [0.29, 0.717) is 11.6 Å². The largest absolute Gasteiger partial charge is 0.462 e. The molecule has 110 valence electrons. The van der Waals surface area contributed by atoms with Crippen LogP contribution in [0.2, 0.25) is 0 Å². The molecule has 1 amide bonds. The molecule has 3 saturated heterocycles. The van der Waals surface area contributed by atoms with Crippen molar-refractivity contribution < 1.29 is 9.21 Å². The number of piperidine rings is 3. The normalized spacial score (nSPS) is 28.0. The highest BCUT2D eigenvalue weighted by molar-refractivity contribution is 5.96. The molecule has 1 N–H and O–H groups in total. The van der Waals surface area contributed by atoms with Crippen molar-refractivity contribution in [3.63, 3.8) is 0 Å². The number of amides is 1. The van der Waals surface area contributed by atoms with E-state index in [-0.39, 0.29) is 11.9 Å². The topological polar surface area (TPSA) is 58.4 Å². The molecule has 0 spiro atoms. The van der Waals surface area contributed by atoms with Crippen LogP contribution in [-0.4, -0.2) is 41.5 Å². The lowest BCUT2D eigenvalue weighted by Crippen LogP contribution is -2.57. The second-order valence-electron chi connectivity index (χ2n) is 6.20. The Labute approximate surface area is 123 Å². The maximum Gasteiger partial charge on any atom is 0.270 e. The van der Waals surface area contributed by atoms with Crippen LogP contribution in [0, 0.1) is 12.8 Å².